The fraction of sp³-hybridized carbons (Fsp3) is 0.562. The summed E-state index contributed by atoms with van der Waals surface area (Å²) in [5.74, 6) is 0.206. The molecule has 1 fully saturated rings. The minimum atomic E-state index is 0.126. The quantitative estimate of drug-likeness (QED) is 0.884. The number of nitrogens with one attached hydrogen (secondary N) is 1. The zero-order valence-corrected chi connectivity index (χ0v) is 14.0. The first kappa shape index (κ1) is 16.6. The summed E-state index contributed by atoms with van der Waals surface area (Å²) in [5, 5.41) is 4.39. The number of likely N-dealkylation sites (tertiary alicyclic amines) is 1. The molecule has 0 bridgehead atoms. The average molecular weight is 329 g/mol. The highest BCUT2D eigenvalue weighted by atomic mass is 35.5. The standard InChI is InChI=1S/C16H22Cl2N2O/c1-3-19-11(2)9-16(21)20-8-4-5-15(20)12-6-7-13(17)14(18)10-12/h6-7,10-11,15,19H,3-5,8-9H2,1-2H3. The molecule has 2 atom stereocenters. The first-order chi connectivity index (χ1) is 10.0. The highest BCUT2D eigenvalue weighted by molar-refractivity contribution is 6.42. The molecule has 21 heavy (non-hydrogen) atoms. The van der Waals surface area contributed by atoms with Crippen LogP contribution in [0, 0.1) is 0 Å². The highest BCUT2D eigenvalue weighted by Crippen LogP contribution is 2.35. The van der Waals surface area contributed by atoms with Gasteiger partial charge in [-0.3, -0.25) is 4.79 Å². The number of halogens is 2. The molecule has 1 N–H and O–H groups in total. The molecule has 0 aliphatic carbocycles. The summed E-state index contributed by atoms with van der Waals surface area (Å²) < 4.78 is 0. The number of hydrogen-bond donors (Lipinski definition) is 1. The third-order valence-corrected chi connectivity index (χ3v) is 4.67. The molecule has 1 amide bonds. The molecule has 1 aliphatic rings. The molecule has 0 radical (unpaired) electrons. The summed E-state index contributed by atoms with van der Waals surface area (Å²) in [6, 6.07) is 5.99. The molecule has 0 saturated carbocycles. The predicted octanol–water partition coefficient (Wildman–Crippen LogP) is 4.05. The number of hydrogen-bond acceptors (Lipinski definition) is 2. The smallest absolute Gasteiger partial charge is 0.224 e. The van der Waals surface area contributed by atoms with Crippen LogP contribution in [0.2, 0.25) is 10.0 Å². The average Bonchev–Trinajstić information content (AvgIpc) is 2.91. The lowest BCUT2D eigenvalue weighted by molar-refractivity contribution is -0.132. The summed E-state index contributed by atoms with van der Waals surface area (Å²) >= 11 is 12.1. The Labute approximate surface area is 136 Å². The lowest BCUT2D eigenvalue weighted by Crippen LogP contribution is -2.36. The summed E-state index contributed by atoms with van der Waals surface area (Å²) in [5.41, 5.74) is 1.08. The van der Waals surface area contributed by atoms with Crippen LogP contribution in [0.15, 0.2) is 18.2 Å². The number of carbonyl (C=O) groups is 1. The van der Waals surface area contributed by atoms with Crippen LogP contribution in [0.5, 0.6) is 0 Å². The number of benzene rings is 1. The van der Waals surface area contributed by atoms with Crippen LogP contribution in [0.3, 0.4) is 0 Å². The lowest BCUT2D eigenvalue weighted by Gasteiger charge is -2.27. The molecule has 1 aromatic rings. The molecule has 116 valence electrons. The predicted molar refractivity (Wildman–Crippen MR) is 87.9 cm³/mol. The van der Waals surface area contributed by atoms with Gasteiger partial charge in [-0.1, -0.05) is 36.2 Å². The monoisotopic (exact) mass is 328 g/mol. The van der Waals surface area contributed by atoms with Gasteiger partial charge in [-0.15, -0.1) is 0 Å². The summed E-state index contributed by atoms with van der Waals surface area (Å²) in [4.78, 5) is 14.5. The van der Waals surface area contributed by atoms with Crippen LogP contribution in [0.1, 0.15) is 44.7 Å². The van der Waals surface area contributed by atoms with E-state index in [1.54, 1.807) is 0 Å². The minimum absolute atomic E-state index is 0.126. The minimum Gasteiger partial charge on any atom is -0.336 e. The Hall–Kier alpha value is -0.770. The first-order valence-corrected chi connectivity index (χ1v) is 8.26. The van der Waals surface area contributed by atoms with E-state index in [2.05, 4.69) is 12.2 Å². The molecule has 0 spiro atoms. The Bertz CT molecular complexity index is 507. The zero-order chi connectivity index (χ0) is 15.4. The maximum absolute atomic E-state index is 12.5. The van der Waals surface area contributed by atoms with Crippen LogP contribution in [-0.4, -0.2) is 29.9 Å². The molecular weight excluding hydrogens is 307 g/mol. The summed E-state index contributed by atoms with van der Waals surface area (Å²) in [6.45, 7) is 5.80. The molecule has 1 saturated heterocycles. The van der Waals surface area contributed by atoms with Gasteiger partial charge in [0, 0.05) is 19.0 Å². The Balaban J connectivity index is 2.09. The van der Waals surface area contributed by atoms with Gasteiger partial charge in [0.15, 0.2) is 0 Å². The lowest BCUT2D eigenvalue weighted by atomic mass is 10.0. The van der Waals surface area contributed by atoms with Gasteiger partial charge in [-0.05, 0) is 44.0 Å². The van der Waals surface area contributed by atoms with Crippen molar-refractivity contribution < 1.29 is 4.79 Å². The van der Waals surface area contributed by atoms with Gasteiger partial charge >= 0.3 is 0 Å². The number of rotatable bonds is 5. The van der Waals surface area contributed by atoms with Crippen LogP contribution < -0.4 is 5.32 Å². The van der Waals surface area contributed by atoms with Gasteiger partial charge in [0.05, 0.1) is 16.1 Å². The zero-order valence-electron chi connectivity index (χ0n) is 12.5. The van der Waals surface area contributed by atoms with Crippen molar-refractivity contribution in [3.05, 3.63) is 33.8 Å². The van der Waals surface area contributed by atoms with Crippen molar-refractivity contribution in [3.63, 3.8) is 0 Å². The van der Waals surface area contributed by atoms with Crippen molar-refractivity contribution in [1.29, 1.82) is 0 Å². The second kappa shape index (κ2) is 7.48. The van der Waals surface area contributed by atoms with Crippen LogP contribution >= 0.6 is 23.2 Å². The summed E-state index contributed by atoms with van der Waals surface area (Å²) in [6.07, 6.45) is 2.55. The topological polar surface area (TPSA) is 32.3 Å². The van der Waals surface area contributed by atoms with E-state index in [-0.39, 0.29) is 18.0 Å². The van der Waals surface area contributed by atoms with Gasteiger partial charge < -0.3 is 10.2 Å². The fourth-order valence-electron chi connectivity index (χ4n) is 2.93. The number of amides is 1. The van der Waals surface area contributed by atoms with Gasteiger partial charge in [-0.25, -0.2) is 0 Å². The molecule has 2 rings (SSSR count). The first-order valence-electron chi connectivity index (χ1n) is 7.50. The van der Waals surface area contributed by atoms with Crippen LogP contribution in [-0.2, 0) is 4.79 Å². The Morgan fingerprint density at radius 3 is 2.86 bits per heavy atom. The van der Waals surface area contributed by atoms with Gasteiger partial charge in [0.2, 0.25) is 5.91 Å². The van der Waals surface area contributed by atoms with Crippen molar-refractivity contribution in [3.8, 4) is 0 Å². The highest BCUT2D eigenvalue weighted by Gasteiger charge is 2.30. The second-order valence-electron chi connectivity index (χ2n) is 5.58. The van der Waals surface area contributed by atoms with E-state index in [0.29, 0.717) is 16.5 Å². The van der Waals surface area contributed by atoms with Crippen molar-refractivity contribution >= 4 is 29.1 Å². The molecule has 0 aromatic heterocycles. The van der Waals surface area contributed by atoms with Crippen molar-refractivity contribution in [2.24, 2.45) is 0 Å². The molecule has 1 aliphatic heterocycles. The van der Waals surface area contributed by atoms with E-state index in [1.807, 2.05) is 30.0 Å². The Kier molecular flexibility index (Phi) is 5.91. The van der Waals surface area contributed by atoms with E-state index < -0.39 is 0 Å². The Morgan fingerprint density at radius 2 is 2.19 bits per heavy atom. The second-order valence-corrected chi connectivity index (χ2v) is 6.40. The van der Waals surface area contributed by atoms with Gasteiger partial charge in [-0.2, -0.15) is 0 Å². The normalized spacial score (nSPS) is 19.8. The maximum atomic E-state index is 12.5. The Morgan fingerprint density at radius 1 is 1.43 bits per heavy atom. The molecule has 1 aromatic carbocycles. The van der Waals surface area contributed by atoms with E-state index in [9.17, 15) is 4.79 Å². The number of nitrogens with zero attached hydrogens (tertiary/aromatic N) is 1. The van der Waals surface area contributed by atoms with E-state index >= 15 is 0 Å². The third kappa shape index (κ3) is 4.12. The van der Waals surface area contributed by atoms with Crippen LogP contribution in [0.4, 0.5) is 0 Å². The molecule has 3 nitrogen and oxygen atoms in total. The maximum Gasteiger partial charge on any atom is 0.224 e. The van der Waals surface area contributed by atoms with Gasteiger partial charge in [0.25, 0.3) is 0 Å². The largest absolute Gasteiger partial charge is 0.336 e. The fourth-order valence-corrected chi connectivity index (χ4v) is 3.24. The van der Waals surface area contributed by atoms with Crippen molar-refractivity contribution in [1.82, 2.24) is 10.2 Å². The third-order valence-electron chi connectivity index (χ3n) is 3.93. The van der Waals surface area contributed by atoms with Gasteiger partial charge in [0.1, 0.15) is 0 Å². The molecule has 2 unspecified atom stereocenters. The molecular formula is C16H22Cl2N2O. The van der Waals surface area contributed by atoms with Crippen LogP contribution in [0.25, 0.3) is 0 Å². The summed E-state index contributed by atoms with van der Waals surface area (Å²) in [7, 11) is 0. The van der Waals surface area contributed by atoms with Crippen molar-refractivity contribution in [2.45, 2.75) is 45.2 Å². The number of carbonyl (C=O) groups excluding carboxylic acids is 1. The van der Waals surface area contributed by atoms with E-state index in [0.717, 1.165) is 31.5 Å². The van der Waals surface area contributed by atoms with Crippen molar-refractivity contribution in [2.75, 3.05) is 13.1 Å². The molecule has 5 heteroatoms. The molecule has 1 heterocycles. The van der Waals surface area contributed by atoms with E-state index in [1.165, 1.54) is 0 Å². The van der Waals surface area contributed by atoms with E-state index in [4.69, 9.17) is 23.2 Å². The SMILES string of the molecule is CCNC(C)CC(=O)N1CCCC1c1ccc(Cl)c(Cl)c1.